The molecule has 0 aromatic carbocycles. The maximum atomic E-state index is 11.5. The Balaban J connectivity index is 2.59. The van der Waals surface area contributed by atoms with Crippen molar-refractivity contribution < 1.29 is 4.79 Å². The Hall–Kier alpha value is -1.93. The number of rotatable bonds is 4. The third-order valence-corrected chi connectivity index (χ3v) is 2.30. The van der Waals surface area contributed by atoms with Gasteiger partial charge in [0.05, 0.1) is 6.54 Å². The van der Waals surface area contributed by atoms with Gasteiger partial charge in [-0.15, -0.1) is 0 Å². The Kier molecular flexibility index (Phi) is 4.61. The molecule has 0 fully saturated rings. The van der Waals surface area contributed by atoms with Crippen LogP contribution in [0.5, 0.6) is 0 Å². The maximum Gasteiger partial charge on any atom is 0.236 e. The summed E-state index contributed by atoms with van der Waals surface area (Å²) in [6, 6.07) is 5.57. The van der Waals surface area contributed by atoms with Crippen LogP contribution in [-0.4, -0.2) is 48.4 Å². The molecule has 1 aromatic heterocycles. The molecule has 0 bridgehead atoms. The van der Waals surface area contributed by atoms with Crippen LogP contribution in [0.3, 0.4) is 0 Å². The SMILES string of the molecule is CN(CC(=O)N(C)C)Cc1ccnc(C#N)c1. The molecule has 1 aromatic rings. The highest BCUT2D eigenvalue weighted by atomic mass is 16.2. The fraction of sp³-hybridized carbons (Fsp3) is 0.417. The van der Waals surface area contributed by atoms with Crippen LogP contribution in [0.2, 0.25) is 0 Å². The first-order chi connectivity index (χ1) is 8.02. The molecule has 90 valence electrons. The van der Waals surface area contributed by atoms with Crippen molar-refractivity contribution in [2.75, 3.05) is 27.7 Å². The summed E-state index contributed by atoms with van der Waals surface area (Å²) in [4.78, 5) is 18.8. The first-order valence-electron chi connectivity index (χ1n) is 5.26. The van der Waals surface area contributed by atoms with Crippen LogP contribution in [0.15, 0.2) is 18.3 Å². The molecule has 17 heavy (non-hydrogen) atoms. The largest absolute Gasteiger partial charge is 0.348 e. The van der Waals surface area contributed by atoms with Crippen molar-refractivity contribution in [1.29, 1.82) is 5.26 Å². The quantitative estimate of drug-likeness (QED) is 0.757. The molecule has 5 heteroatoms. The Morgan fingerprint density at radius 2 is 2.18 bits per heavy atom. The second kappa shape index (κ2) is 5.97. The third kappa shape index (κ3) is 4.21. The van der Waals surface area contributed by atoms with Crippen LogP contribution in [0.1, 0.15) is 11.3 Å². The van der Waals surface area contributed by atoms with Crippen LogP contribution in [0.4, 0.5) is 0 Å². The summed E-state index contributed by atoms with van der Waals surface area (Å²) >= 11 is 0. The Morgan fingerprint density at radius 1 is 1.47 bits per heavy atom. The van der Waals surface area contributed by atoms with E-state index in [0.29, 0.717) is 18.8 Å². The van der Waals surface area contributed by atoms with E-state index in [0.717, 1.165) is 5.56 Å². The molecule has 0 aliphatic carbocycles. The highest BCUT2D eigenvalue weighted by Gasteiger charge is 2.08. The molecule has 0 aliphatic heterocycles. The monoisotopic (exact) mass is 232 g/mol. The van der Waals surface area contributed by atoms with Gasteiger partial charge in [0.15, 0.2) is 0 Å². The summed E-state index contributed by atoms with van der Waals surface area (Å²) in [5.41, 5.74) is 1.38. The van der Waals surface area contributed by atoms with Crippen molar-refractivity contribution in [2.24, 2.45) is 0 Å². The normalized spacial score (nSPS) is 10.1. The predicted molar refractivity (Wildman–Crippen MR) is 64.0 cm³/mol. The van der Waals surface area contributed by atoms with Crippen LogP contribution in [-0.2, 0) is 11.3 Å². The van der Waals surface area contributed by atoms with E-state index >= 15 is 0 Å². The highest BCUT2D eigenvalue weighted by Crippen LogP contribution is 2.04. The zero-order valence-electron chi connectivity index (χ0n) is 10.3. The van der Waals surface area contributed by atoms with Gasteiger partial charge in [-0.3, -0.25) is 9.69 Å². The lowest BCUT2D eigenvalue weighted by molar-refractivity contribution is -0.129. The van der Waals surface area contributed by atoms with Crippen molar-refractivity contribution in [3.8, 4) is 6.07 Å². The van der Waals surface area contributed by atoms with Crippen LogP contribution in [0, 0.1) is 11.3 Å². The Morgan fingerprint density at radius 3 is 2.76 bits per heavy atom. The number of aromatic nitrogens is 1. The molecule has 1 heterocycles. The second-order valence-corrected chi connectivity index (χ2v) is 4.12. The molecule has 0 saturated carbocycles. The first-order valence-corrected chi connectivity index (χ1v) is 5.26. The molecule has 0 radical (unpaired) electrons. The molecule has 5 nitrogen and oxygen atoms in total. The van der Waals surface area contributed by atoms with E-state index in [1.54, 1.807) is 31.3 Å². The van der Waals surface area contributed by atoms with E-state index < -0.39 is 0 Å². The van der Waals surface area contributed by atoms with Gasteiger partial charge >= 0.3 is 0 Å². The number of pyridine rings is 1. The lowest BCUT2D eigenvalue weighted by Crippen LogP contribution is -2.34. The van der Waals surface area contributed by atoms with E-state index in [2.05, 4.69) is 4.98 Å². The lowest BCUT2D eigenvalue weighted by atomic mass is 10.2. The van der Waals surface area contributed by atoms with Crippen molar-refractivity contribution in [3.63, 3.8) is 0 Å². The van der Waals surface area contributed by atoms with Crippen molar-refractivity contribution in [1.82, 2.24) is 14.8 Å². The fourth-order valence-electron chi connectivity index (χ4n) is 1.37. The Bertz CT molecular complexity index is 436. The average molecular weight is 232 g/mol. The van der Waals surface area contributed by atoms with Gasteiger partial charge in [0.2, 0.25) is 5.91 Å². The zero-order chi connectivity index (χ0) is 12.8. The molecule has 1 rings (SSSR count). The third-order valence-electron chi connectivity index (χ3n) is 2.30. The van der Waals surface area contributed by atoms with E-state index in [9.17, 15) is 4.79 Å². The average Bonchev–Trinajstić information content (AvgIpc) is 2.28. The van der Waals surface area contributed by atoms with Gasteiger partial charge in [-0.2, -0.15) is 5.26 Å². The molecule has 0 saturated heterocycles. The van der Waals surface area contributed by atoms with E-state index in [4.69, 9.17) is 5.26 Å². The first kappa shape index (κ1) is 13.1. The number of hydrogen-bond acceptors (Lipinski definition) is 4. The topological polar surface area (TPSA) is 60.2 Å². The number of carbonyl (C=O) groups excluding carboxylic acids is 1. The van der Waals surface area contributed by atoms with E-state index in [-0.39, 0.29) is 5.91 Å². The van der Waals surface area contributed by atoms with Crippen LogP contribution in [0.25, 0.3) is 0 Å². The number of amides is 1. The molecular formula is C12H16N4O. The molecular weight excluding hydrogens is 216 g/mol. The van der Waals surface area contributed by atoms with Gasteiger partial charge in [-0.25, -0.2) is 4.98 Å². The van der Waals surface area contributed by atoms with E-state index in [1.807, 2.05) is 24.1 Å². The number of nitrogens with zero attached hydrogens (tertiary/aromatic N) is 4. The molecule has 0 spiro atoms. The van der Waals surface area contributed by atoms with E-state index in [1.165, 1.54) is 0 Å². The van der Waals surface area contributed by atoms with Gasteiger partial charge in [-0.1, -0.05) is 0 Å². The Labute approximate surface area is 101 Å². The number of hydrogen-bond donors (Lipinski definition) is 0. The van der Waals surface area contributed by atoms with Crippen LogP contribution < -0.4 is 0 Å². The zero-order valence-corrected chi connectivity index (χ0v) is 10.3. The number of likely N-dealkylation sites (N-methyl/N-ethyl adjacent to an activating group) is 2. The van der Waals surface area contributed by atoms with Gasteiger partial charge < -0.3 is 4.90 Å². The van der Waals surface area contributed by atoms with Gasteiger partial charge in [0.1, 0.15) is 11.8 Å². The summed E-state index contributed by atoms with van der Waals surface area (Å²) in [6.45, 7) is 0.980. The maximum absolute atomic E-state index is 11.5. The minimum Gasteiger partial charge on any atom is -0.348 e. The summed E-state index contributed by atoms with van der Waals surface area (Å²) in [5, 5.41) is 8.73. The smallest absolute Gasteiger partial charge is 0.236 e. The standard InChI is InChI=1S/C12H16N4O/c1-15(2)12(17)9-16(3)8-10-4-5-14-11(6-10)7-13/h4-6H,8-9H2,1-3H3. The predicted octanol–water partition coefficient (Wildman–Crippen LogP) is 0.473. The summed E-state index contributed by atoms with van der Waals surface area (Å²) in [6.07, 6.45) is 1.61. The number of carbonyl (C=O) groups is 1. The van der Waals surface area contributed by atoms with Gasteiger partial charge in [-0.05, 0) is 24.7 Å². The van der Waals surface area contributed by atoms with Crippen LogP contribution >= 0.6 is 0 Å². The summed E-state index contributed by atoms with van der Waals surface area (Å²) < 4.78 is 0. The second-order valence-electron chi connectivity index (χ2n) is 4.12. The summed E-state index contributed by atoms with van der Waals surface area (Å²) in [5.74, 6) is 0.0575. The molecule has 0 unspecified atom stereocenters. The minimum atomic E-state index is 0.0575. The minimum absolute atomic E-state index is 0.0575. The summed E-state index contributed by atoms with van der Waals surface area (Å²) in [7, 11) is 5.33. The van der Waals surface area contributed by atoms with Crippen molar-refractivity contribution >= 4 is 5.91 Å². The molecule has 0 atom stereocenters. The van der Waals surface area contributed by atoms with Crippen molar-refractivity contribution in [3.05, 3.63) is 29.6 Å². The molecule has 0 N–H and O–H groups in total. The number of nitriles is 1. The lowest BCUT2D eigenvalue weighted by Gasteiger charge is -2.18. The van der Waals surface area contributed by atoms with Gasteiger partial charge in [0.25, 0.3) is 0 Å². The van der Waals surface area contributed by atoms with Gasteiger partial charge in [0, 0.05) is 26.8 Å². The van der Waals surface area contributed by atoms with Crippen molar-refractivity contribution in [2.45, 2.75) is 6.54 Å². The molecule has 0 aliphatic rings. The highest BCUT2D eigenvalue weighted by molar-refractivity contribution is 5.77. The fourth-order valence-corrected chi connectivity index (χ4v) is 1.37. The molecule has 1 amide bonds.